The molecule has 4 heterocycles. The van der Waals surface area contributed by atoms with E-state index in [9.17, 15) is 9.59 Å². The zero-order valence-corrected chi connectivity index (χ0v) is 21.8. The van der Waals surface area contributed by atoms with E-state index in [2.05, 4.69) is 0 Å². The lowest BCUT2D eigenvalue weighted by atomic mass is 9.93. The van der Waals surface area contributed by atoms with Gasteiger partial charge in [0, 0.05) is 31.7 Å². The van der Waals surface area contributed by atoms with Gasteiger partial charge in [-0.05, 0) is 48.9 Å². The zero-order valence-electron chi connectivity index (χ0n) is 21.1. The molecule has 0 spiro atoms. The standard InChI is InChI=1S/C26H26ClN7O3/c1-14-19-20(15-7-6-8-18(13-15)37-5)33-21-23(31(3)26(36)32(4)24(21)35)30(2)25(33)28-22(19)34(29-14)17-11-9-16(27)10-12-17/h6-13,20-21,23H,1-5H3. The number of aryl methyl sites for hydroxylation is 1. The van der Waals surface area contributed by atoms with Crippen LogP contribution in [0.3, 0.4) is 0 Å². The van der Waals surface area contributed by atoms with Gasteiger partial charge >= 0.3 is 6.03 Å². The molecule has 0 radical (unpaired) electrons. The fourth-order valence-corrected chi connectivity index (χ4v) is 5.77. The molecule has 37 heavy (non-hydrogen) atoms. The number of carbonyl (C=O) groups excluding carboxylic acids is 2. The molecule has 3 aliphatic rings. The van der Waals surface area contributed by atoms with Crippen LogP contribution in [-0.2, 0) is 4.79 Å². The number of methoxy groups -OCH3 is 1. The third kappa shape index (κ3) is 3.25. The summed E-state index contributed by atoms with van der Waals surface area (Å²) < 4.78 is 7.34. The number of aliphatic imine (C=N–C) groups is 1. The molecular formula is C26H26ClN7O3. The highest BCUT2D eigenvalue weighted by molar-refractivity contribution is 6.30. The molecule has 3 amide bonds. The van der Waals surface area contributed by atoms with Crippen molar-refractivity contribution in [2.24, 2.45) is 4.99 Å². The van der Waals surface area contributed by atoms with Gasteiger partial charge in [0.05, 0.1) is 24.5 Å². The molecule has 3 unspecified atom stereocenters. The number of carbonyl (C=O) groups is 2. The Hall–Kier alpha value is -4.05. The molecule has 2 saturated heterocycles. The van der Waals surface area contributed by atoms with Crippen molar-refractivity contribution in [2.45, 2.75) is 25.2 Å². The number of hydrogen-bond donors (Lipinski definition) is 0. The summed E-state index contributed by atoms with van der Waals surface area (Å²) in [6.07, 6.45) is -0.510. The minimum absolute atomic E-state index is 0.274. The smallest absolute Gasteiger partial charge is 0.327 e. The van der Waals surface area contributed by atoms with Crippen LogP contribution in [-0.4, -0.2) is 87.7 Å². The van der Waals surface area contributed by atoms with E-state index in [1.807, 2.05) is 72.3 Å². The van der Waals surface area contributed by atoms with Crippen LogP contribution in [0.15, 0.2) is 53.5 Å². The summed E-state index contributed by atoms with van der Waals surface area (Å²) in [4.78, 5) is 38.2. The number of imide groups is 1. The van der Waals surface area contributed by atoms with Gasteiger partial charge in [-0.1, -0.05) is 23.7 Å². The Balaban J connectivity index is 1.61. The average molecular weight is 520 g/mol. The number of likely N-dealkylation sites (N-methyl/N-ethyl adjacent to an activating group) is 3. The van der Waals surface area contributed by atoms with Crippen molar-refractivity contribution in [2.75, 3.05) is 28.3 Å². The zero-order chi connectivity index (χ0) is 26.2. The number of guanidine groups is 1. The van der Waals surface area contributed by atoms with Crippen molar-refractivity contribution in [1.29, 1.82) is 0 Å². The lowest BCUT2D eigenvalue weighted by Crippen LogP contribution is -2.65. The van der Waals surface area contributed by atoms with Crippen LogP contribution >= 0.6 is 11.6 Å². The molecule has 0 N–H and O–H groups in total. The van der Waals surface area contributed by atoms with Crippen LogP contribution in [0, 0.1) is 6.92 Å². The van der Waals surface area contributed by atoms with E-state index in [0.717, 1.165) is 22.5 Å². The molecule has 6 rings (SSSR count). The van der Waals surface area contributed by atoms with Gasteiger partial charge in [-0.2, -0.15) is 10.1 Å². The van der Waals surface area contributed by atoms with E-state index in [1.54, 1.807) is 23.7 Å². The Morgan fingerprint density at radius 2 is 1.73 bits per heavy atom. The Kier molecular flexibility index (Phi) is 5.20. The minimum Gasteiger partial charge on any atom is -0.497 e. The molecule has 190 valence electrons. The highest BCUT2D eigenvalue weighted by Gasteiger charge is 2.58. The number of aromatic nitrogens is 2. The molecule has 3 aromatic rings. The Morgan fingerprint density at radius 3 is 2.43 bits per heavy atom. The highest BCUT2D eigenvalue weighted by Crippen LogP contribution is 2.48. The topological polar surface area (TPSA) is 86.5 Å². The van der Waals surface area contributed by atoms with E-state index < -0.39 is 18.2 Å². The number of hydrogen-bond acceptors (Lipinski definition) is 7. The van der Waals surface area contributed by atoms with Crippen LogP contribution in [0.1, 0.15) is 22.9 Å². The second-order valence-corrected chi connectivity index (χ2v) is 9.91. The van der Waals surface area contributed by atoms with Crippen molar-refractivity contribution >= 4 is 35.3 Å². The predicted molar refractivity (Wildman–Crippen MR) is 138 cm³/mol. The summed E-state index contributed by atoms with van der Waals surface area (Å²) in [5.41, 5.74) is 3.41. The fraction of sp³-hybridized carbons (Fsp3) is 0.308. The largest absolute Gasteiger partial charge is 0.497 e. The number of ether oxygens (including phenoxy) is 1. The lowest BCUT2D eigenvalue weighted by Gasteiger charge is -2.42. The second-order valence-electron chi connectivity index (χ2n) is 9.47. The molecular weight excluding hydrogens is 494 g/mol. The van der Waals surface area contributed by atoms with Crippen LogP contribution in [0.4, 0.5) is 10.6 Å². The van der Waals surface area contributed by atoms with Crippen molar-refractivity contribution in [3.05, 3.63) is 70.4 Å². The van der Waals surface area contributed by atoms with Crippen LogP contribution in [0.25, 0.3) is 5.69 Å². The normalized spacial score (nSPS) is 22.6. The highest BCUT2D eigenvalue weighted by atomic mass is 35.5. The Labute approximate surface area is 219 Å². The summed E-state index contributed by atoms with van der Waals surface area (Å²) in [6, 6.07) is 13.8. The van der Waals surface area contributed by atoms with Gasteiger partial charge in [0.1, 0.15) is 11.9 Å². The first-order valence-corrected chi connectivity index (χ1v) is 12.2. The van der Waals surface area contributed by atoms with E-state index in [-0.39, 0.29) is 11.9 Å². The van der Waals surface area contributed by atoms with E-state index >= 15 is 0 Å². The number of halogens is 1. The van der Waals surface area contributed by atoms with Gasteiger partial charge in [0.2, 0.25) is 5.96 Å². The summed E-state index contributed by atoms with van der Waals surface area (Å²) in [7, 11) is 6.73. The van der Waals surface area contributed by atoms with Gasteiger partial charge in [0.15, 0.2) is 11.9 Å². The fourth-order valence-electron chi connectivity index (χ4n) is 5.64. The quantitative estimate of drug-likeness (QED) is 0.527. The van der Waals surface area contributed by atoms with Crippen LogP contribution in [0.2, 0.25) is 5.02 Å². The van der Waals surface area contributed by atoms with Gasteiger partial charge in [0.25, 0.3) is 5.91 Å². The predicted octanol–water partition coefficient (Wildman–Crippen LogP) is 3.40. The molecule has 2 aromatic carbocycles. The Bertz CT molecular complexity index is 1470. The van der Waals surface area contributed by atoms with E-state index in [0.29, 0.717) is 22.5 Å². The van der Waals surface area contributed by atoms with Gasteiger partial charge in [-0.25, -0.2) is 9.48 Å². The number of urea groups is 1. The first kappa shape index (κ1) is 23.4. The third-order valence-corrected chi connectivity index (χ3v) is 7.67. The molecule has 11 heteroatoms. The monoisotopic (exact) mass is 519 g/mol. The second kappa shape index (κ2) is 8.24. The van der Waals surface area contributed by atoms with E-state index in [1.165, 1.54) is 11.9 Å². The summed E-state index contributed by atoms with van der Waals surface area (Å²) in [5, 5.41) is 5.49. The summed E-state index contributed by atoms with van der Waals surface area (Å²) in [6.45, 7) is 1.95. The number of amides is 3. The maximum atomic E-state index is 13.6. The van der Waals surface area contributed by atoms with Crippen molar-refractivity contribution in [1.82, 2.24) is 29.4 Å². The van der Waals surface area contributed by atoms with Crippen molar-refractivity contribution in [3.8, 4) is 11.4 Å². The van der Waals surface area contributed by atoms with Gasteiger partial charge < -0.3 is 19.4 Å². The SMILES string of the molecule is COc1cccc(C2c3c(C)nn(-c4ccc(Cl)cc4)c3N=C3N(C)C4C(C(=O)N(C)C(=O)N4C)N32)c1. The van der Waals surface area contributed by atoms with Crippen molar-refractivity contribution in [3.63, 3.8) is 0 Å². The first-order chi connectivity index (χ1) is 17.7. The molecule has 0 aliphatic carbocycles. The van der Waals surface area contributed by atoms with Crippen molar-refractivity contribution < 1.29 is 14.3 Å². The molecule has 1 aromatic heterocycles. The summed E-state index contributed by atoms with van der Waals surface area (Å²) >= 11 is 6.14. The molecule has 2 fully saturated rings. The maximum Gasteiger partial charge on any atom is 0.327 e. The minimum atomic E-state index is -0.654. The van der Waals surface area contributed by atoms with Gasteiger partial charge in [-0.3, -0.25) is 9.69 Å². The number of fused-ring (bicyclic) bond motifs is 4. The first-order valence-electron chi connectivity index (χ1n) is 11.9. The Morgan fingerprint density at radius 1 is 1.00 bits per heavy atom. The third-order valence-electron chi connectivity index (χ3n) is 7.41. The lowest BCUT2D eigenvalue weighted by molar-refractivity contribution is -0.137. The number of benzene rings is 2. The average Bonchev–Trinajstić information content (AvgIpc) is 3.39. The summed E-state index contributed by atoms with van der Waals surface area (Å²) in [5.74, 6) is 1.69. The molecule has 3 atom stereocenters. The van der Waals surface area contributed by atoms with Gasteiger partial charge in [-0.15, -0.1) is 0 Å². The number of nitrogens with zero attached hydrogens (tertiary/aromatic N) is 7. The molecule has 0 bridgehead atoms. The van der Waals surface area contributed by atoms with E-state index in [4.69, 9.17) is 26.4 Å². The van der Waals surface area contributed by atoms with Crippen LogP contribution < -0.4 is 4.74 Å². The molecule has 10 nitrogen and oxygen atoms in total. The number of rotatable bonds is 3. The van der Waals surface area contributed by atoms with Crippen LogP contribution in [0.5, 0.6) is 5.75 Å². The maximum absolute atomic E-state index is 13.6. The molecule has 3 aliphatic heterocycles. The molecule has 0 saturated carbocycles.